The third-order valence-electron chi connectivity index (χ3n) is 4.53. The van der Waals surface area contributed by atoms with Gasteiger partial charge in [-0.15, -0.1) is 0 Å². The summed E-state index contributed by atoms with van der Waals surface area (Å²) >= 11 is 0. The topological polar surface area (TPSA) is 63.7 Å². The highest BCUT2D eigenvalue weighted by molar-refractivity contribution is 7.89. The van der Waals surface area contributed by atoms with Crippen LogP contribution in [0.2, 0.25) is 0 Å². The Morgan fingerprint density at radius 3 is 2.30 bits per heavy atom. The normalized spacial score (nSPS) is 36.0. The summed E-state index contributed by atoms with van der Waals surface area (Å²) in [6.45, 7) is 5.34. The number of hydrogen-bond donors (Lipinski definition) is 0. The minimum Gasteiger partial charge on any atom is -0.469 e. The average Bonchev–Trinajstić information content (AvgIpc) is 2.86. The molecular weight excluding hydrogens is 278 g/mol. The number of ether oxygens (including phenoxy) is 1. The molecule has 5 nitrogen and oxygen atoms in total. The Hall–Kier alpha value is -0.620. The zero-order chi connectivity index (χ0) is 14.9. The molecule has 4 atom stereocenters. The summed E-state index contributed by atoms with van der Waals surface area (Å²) in [7, 11) is -2.07. The molecule has 0 N–H and O–H groups in total. The third-order valence-corrected chi connectivity index (χ3v) is 6.88. The van der Waals surface area contributed by atoms with Gasteiger partial charge in [-0.1, -0.05) is 20.3 Å². The van der Waals surface area contributed by atoms with Crippen molar-refractivity contribution in [3.05, 3.63) is 0 Å². The van der Waals surface area contributed by atoms with Crippen LogP contribution in [-0.4, -0.2) is 44.1 Å². The first-order valence-electron chi connectivity index (χ1n) is 7.43. The van der Waals surface area contributed by atoms with E-state index >= 15 is 0 Å². The monoisotopic (exact) mass is 303 g/mol. The van der Waals surface area contributed by atoms with Crippen molar-refractivity contribution < 1.29 is 17.9 Å². The second-order valence-corrected chi connectivity index (χ2v) is 8.56. The van der Waals surface area contributed by atoms with Gasteiger partial charge in [0.1, 0.15) is 0 Å². The van der Waals surface area contributed by atoms with Gasteiger partial charge in [0.2, 0.25) is 10.0 Å². The minimum absolute atomic E-state index is 0.380. The van der Waals surface area contributed by atoms with Gasteiger partial charge in [0, 0.05) is 13.1 Å². The number of nitrogens with zero attached hydrogens (tertiary/aromatic N) is 1. The van der Waals surface area contributed by atoms with Crippen molar-refractivity contribution in [1.29, 1.82) is 0 Å². The fourth-order valence-electron chi connectivity index (χ4n) is 3.71. The molecule has 1 aliphatic heterocycles. The summed E-state index contributed by atoms with van der Waals surface area (Å²) in [6.07, 6.45) is 3.04. The fraction of sp³-hybridized carbons (Fsp3) is 0.929. The number of esters is 1. The summed E-state index contributed by atoms with van der Waals surface area (Å²) in [5, 5.41) is -0.590. The van der Waals surface area contributed by atoms with Crippen LogP contribution in [0.4, 0.5) is 0 Å². The van der Waals surface area contributed by atoms with Crippen LogP contribution in [0, 0.1) is 17.8 Å². The molecule has 2 fully saturated rings. The van der Waals surface area contributed by atoms with Gasteiger partial charge in [-0.05, 0) is 31.1 Å². The van der Waals surface area contributed by atoms with Gasteiger partial charge in [-0.3, -0.25) is 4.79 Å². The highest BCUT2D eigenvalue weighted by Crippen LogP contribution is 2.35. The second kappa shape index (κ2) is 6.02. The summed E-state index contributed by atoms with van der Waals surface area (Å²) in [6, 6.07) is 0. The quantitative estimate of drug-likeness (QED) is 0.744. The van der Waals surface area contributed by atoms with Crippen LogP contribution in [0.5, 0.6) is 0 Å². The number of hydrogen-bond acceptors (Lipinski definition) is 4. The number of methoxy groups -OCH3 is 1. The van der Waals surface area contributed by atoms with E-state index in [1.54, 1.807) is 4.31 Å². The Labute approximate surface area is 121 Å². The average molecular weight is 303 g/mol. The zero-order valence-corrected chi connectivity index (χ0v) is 13.4. The van der Waals surface area contributed by atoms with Crippen LogP contribution in [0.3, 0.4) is 0 Å². The SMILES string of the molecule is COC(=O)[C@@H]1CCC[C@@H]1S(=O)(=O)N1C[C@H](C)C[C@H](C)C1. The van der Waals surface area contributed by atoms with E-state index in [-0.39, 0.29) is 5.97 Å². The summed E-state index contributed by atoms with van der Waals surface area (Å²) < 4.78 is 32.0. The zero-order valence-electron chi connectivity index (χ0n) is 12.5. The summed E-state index contributed by atoms with van der Waals surface area (Å²) in [4.78, 5) is 11.8. The number of carbonyl (C=O) groups excluding carboxylic acids is 1. The van der Waals surface area contributed by atoms with Gasteiger partial charge >= 0.3 is 5.97 Å². The lowest BCUT2D eigenvalue weighted by Crippen LogP contribution is -2.48. The third kappa shape index (κ3) is 3.01. The summed E-state index contributed by atoms with van der Waals surface area (Å²) in [5.74, 6) is -0.107. The predicted octanol–water partition coefficient (Wildman–Crippen LogP) is 1.64. The molecule has 1 saturated heterocycles. The molecule has 1 saturated carbocycles. The Morgan fingerprint density at radius 1 is 1.15 bits per heavy atom. The number of rotatable bonds is 3. The lowest BCUT2D eigenvalue weighted by atomic mass is 9.94. The van der Waals surface area contributed by atoms with Crippen LogP contribution in [-0.2, 0) is 19.6 Å². The first kappa shape index (κ1) is 15.8. The minimum atomic E-state index is -3.40. The van der Waals surface area contributed by atoms with Crippen LogP contribution >= 0.6 is 0 Å². The molecule has 1 heterocycles. The standard InChI is InChI=1S/C14H25NO4S/c1-10-7-11(2)9-15(8-10)20(17,18)13-6-4-5-12(13)14(16)19-3/h10-13H,4-9H2,1-3H3/t10-,11+,12-,13+/m1/s1. The molecule has 116 valence electrons. The van der Waals surface area contributed by atoms with Crippen molar-refractivity contribution in [2.45, 2.75) is 44.8 Å². The van der Waals surface area contributed by atoms with E-state index in [1.165, 1.54) is 7.11 Å². The highest BCUT2D eigenvalue weighted by Gasteiger charge is 2.45. The van der Waals surface area contributed by atoms with Crippen molar-refractivity contribution in [2.75, 3.05) is 20.2 Å². The molecule has 2 rings (SSSR count). The fourth-order valence-corrected chi connectivity index (χ4v) is 6.14. The number of piperidine rings is 1. The lowest BCUT2D eigenvalue weighted by molar-refractivity contribution is -0.145. The molecule has 1 aliphatic carbocycles. The van der Waals surface area contributed by atoms with Crippen molar-refractivity contribution in [3.63, 3.8) is 0 Å². The molecule has 0 radical (unpaired) electrons. The van der Waals surface area contributed by atoms with Crippen LogP contribution < -0.4 is 0 Å². The maximum Gasteiger partial charge on any atom is 0.310 e. The maximum atomic E-state index is 12.8. The molecule has 0 spiro atoms. The van der Waals surface area contributed by atoms with Gasteiger partial charge in [0.05, 0.1) is 18.3 Å². The van der Waals surface area contributed by atoms with Crippen LogP contribution in [0.25, 0.3) is 0 Å². The molecule has 2 aliphatic rings. The highest BCUT2D eigenvalue weighted by atomic mass is 32.2. The number of sulfonamides is 1. The molecule has 0 aromatic heterocycles. The van der Waals surface area contributed by atoms with E-state index in [9.17, 15) is 13.2 Å². The molecule has 0 amide bonds. The van der Waals surface area contributed by atoms with Crippen molar-refractivity contribution >= 4 is 16.0 Å². The predicted molar refractivity (Wildman–Crippen MR) is 76.6 cm³/mol. The second-order valence-electron chi connectivity index (χ2n) is 6.41. The van der Waals surface area contributed by atoms with E-state index in [0.717, 1.165) is 12.8 Å². The van der Waals surface area contributed by atoms with Gasteiger partial charge in [0.25, 0.3) is 0 Å². The molecule has 0 aromatic rings. The van der Waals surface area contributed by atoms with Crippen molar-refractivity contribution in [1.82, 2.24) is 4.31 Å². The molecule has 0 bridgehead atoms. The summed E-state index contributed by atoms with van der Waals surface area (Å²) in [5.41, 5.74) is 0. The Morgan fingerprint density at radius 2 is 1.75 bits per heavy atom. The molecular formula is C14H25NO4S. The van der Waals surface area contributed by atoms with E-state index in [2.05, 4.69) is 13.8 Å². The van der Waals surface area contributed by atoms with Crippen LogP contribution in [0.1, 0.15) is 39.5 Å². The number of carbonyl (C=O) groups is 1. The van der Waals surface area contributed by atoms with Gasteiger partial charge in [0.15, 0.2) is 0 Å². The first-order chi connectivity index (χ1) is 9.36. The van der Waals surface area contributed by atoms with Crippen LogP contribution in [0.15, 0.2) is 0 Å². The molecule has 20 heavy (non-hydrogen) atoms. The van der Waals surface area contributed by atoms with E-state index < -0.39 is 21.2 Å². The van der Waals surface area contributed by atoms with Gasteiger partial charge in [-0.25, -0.2) is 12.7 Å². The van der Waals surface area contributed by atoms with E-state index in [1.807, 2.05) is 0 Å². The molecule has 0 aromatic carbocycles. The molecule has 6 heteroatoms. The van der Waals surface area contributed by atoms with Crippen molar-refractivity contribution in [3.8, 4) is 0 Å². The maximum absolute atomic E-state index is 12.8. The largest absolute Gasteiger partial charge is 0.469 e. The lowest BCUT2D eigenvalue weighted by Gasteiger charge is -2.36. The van der Waals surface area contributed by atoms with Gasteiger partial charge < -0.3 is 4.74 Å². The smallest absolute Gasteiger partial charge is 0.310 e. The Bertz CT molecular complexity index is 452. The van der Waals surface area contributed by atoms with E-state index in [0.29, 0.717) is 37.8 Å². The molecule has 0 unspecified atom stereocenters. The first-order valence-corrected chi connectivity index (χ1v) is 8.93. The Balaban J connectivity index is 2.19. The van der Waals surface area contributed by atoms with Crippen molar-refractivity contribution in [2.24, 2.45) is 17.8 Å². The Kier molecular flexibility index (Phi) is 4.74. The van der Waals surface area contributed by atoms with E-state index in [4.69, 9.17) is 4.74 Å². The van der Waals surface area contributed by atoms with Gasteiger partial charge in [-0.2, -0.15) is 0 Å².